The van der Waals surface area contributed by atoms with Gasteiger partial charge in [0, 0.05) is 24.2 Å². The molecule has 3 N–H and O–H groups in total. The Hall–Kier alpha value is -1.77. The number of anilines is 1. The lowest BCUT2D eigenvalue weighted by Gasteiger charge is -2.08. The van der Waals surface area contributed by atoms with Gasteiger partial charge in [0.05, 0.1) is 0 Å². The van der Waals surface area contributed by atoms with Crippen molar-refractivity contribution in [2.45, 2.75) is 77.6 Å². The molecule has 0 aliphatic heterocycles. The molecule has 0 heterocycles. The maximum Gasteiger partial charge on any atom is 0.244 e. The number of nitrogens with one attached hydrogen (secondary N) is 1. The number of hydrogen-bond donors (Lipinski definition) is 2. The summed E-state index contributed by atoms with van der Waals surface area (Å²) in [7, 11) is 0. The summed E-state index contributed by atoms with van der Waals surface area (Å²) >= 11 is 0. The van der Waals surface area contributed by atoms with Gasteiger partial charge in [0.25, 0.3) is 0 Å². The molecule has 0 aliphatic rings. The third kappa shape index (κ3) is 10.6. The summed E-state index contributed by atoms with van der Waals surface area (Å²) in [6.07, 6.45) is 14.1. The predicted octanol–water partition coefficient (Wildman–Crippen LogP) is 5.60. The van der Waals surface area contributed by atoms with Crippen LogP contribution in [0.5, 0.6) is 0 Å². The van der Waals surface area contributed by atoms with Crippen LogP contribution in [-0.4, -0.2) is 12.5 Å². The number of benzene rings is 1. The molecule has 0 saturated carbocycles. The summed E-state index contributed by atoms with van der Waals surface area (Å²) in [6, 6.07) is 8.16. The van der Waals surface area contributed by atoms with Crippen LogP contribution in [0.1, 0.15) is 76.7 Å². The summed E-state index contributed by atoms with van der Waals surface area (Å²) in [4.78, 5) is 11.0. The van der Waals surface area contributed by atoms with Gasteiger partial charge in [-0.3, -0.25) is 4.79 Å². The van der Waals surface area contributed by atoms with Gasteiger partial charge in [-0.25, -0.2) is 0 Å². The van der Waals surface area contributed by atoms with Crippen molar-refractivity contribution in [3.05, 3.63) is 42.0 Å². The third-order valence-electron chi connectivity index (χ3n) is 4.58. The topological polar surface area (TPSA) is 55.1 Å². The molecular weight excluding hydrogens is 308 g/mol. The second-order valence-corrected chi connectivity index (χ2v) is 6.95. The van der Waals surface area contributed by atoms with Gasteiger partial charge in [-0.2, -0.15) is 0 Å². The summed E-state index contributed by atoms with van der Waals surface area (Å²) in [5.74, 6) is -0.428. The number of carbonyl (C=O) groups excluding carboxylic acids is 1. The Morgan fingerprint density at radius 1 is 0.920 bits per heavy atom. The zero-order valence-corrected chi connectivity index (χ0v) is 16.0. The van der Waals surface area contributed by atoms with E-state index in [9.17, 15) is 4.79 Å². The summed E-state index contributed by atoms with van der Waals surface area (Å²) in [5.41, 5.74) is 7.86. The molecule has 25 heavy (non-hydrogen) atoms. The number of nitrogens with two attached hydrogens (primary N) is 1. The number of carbonyl (C=O) groups is 1. The van der Waals surface area contributed by atoms with Crippen molar-refractivity contribution in [1.82, 2.24) is 0 Å². The first-order valence-corrected chi connectivity index (χ1v) is 9.94. The largest absolute Gasteiger partial charge is 0.385 e. The molecule has 1 aromatic rings. The molecule has 3 nitrogen and oxygen atoms in total. The molecule has 1 rings (SSSR count). The Kier molecular flexibility index (Phi) is 11.5. The van der Waals surface area contributed by atoms with Crippen molar-refractivity contribution in [2.24, 2.45) is 5.73 Å². The Labute approximate surface area is 154 Å². The molecule has 0 saturated heterocycles. The smallest absolute Gasteiger partial charge is 0.244 e. The maximum atomic E-state index is 11.0. The molecule has 0 unspecified atom stereocenters. The zero-order chi connectivity index (χ0) is 18.3. The number of rotatable bonds is 15. The van der Waals surface area contributed by atoms with Crippen LogP contribution in [-0.2, 0) is 11.2 Å². The average molecular weight is 345 g/mol. The van der Waals surface area contributed by atoms with E-state index in [4.69, 9.17) is 5.73 Å². The van der Waals surface area contributed by atoms with Crippen LogP contribution in [0.3, 0.4) is 0 Å². The lowest BCUT2D eigenvalue weighted by Crippen LogP contribution is -2.14. The highest BCUT2D eigenvalue weighted by Crippen LogP contribution is 2.14. The van der Waals surface area contributed by atoms with E-state index in [1.54, 1.807) is 0 Å². The summed E-state index contributed by atoms with van der Waals surface area (Å²) in [6.45, 7) is 6.98. The Morgan fingerprint density at radius 3 is 1.96 bits per heavy atom. The van der Waals surface area contributed by atoms with Crippen LogP contribution in [0.4, 0.5) is 5.69 Å². The fraction of sp³-hybridized carbons (Fsp3) is 0.591. The van der Waals surface area contributed by atoms with Crippen molar-refractivity contribution in [1.29, 1.82) is 0 Å². The molecule has 0 spiro atoms. The molecule has 0 aromatic heterocycles. The number of primary amides is 1. The molecular formula is C22H36N2O. The zero-order valence-electron chi connectivity index (χ0n) is 16.0. The first-order valence-electron chi connectivity index (χ1n) is 9.94. The van der Waals surface area contributed by atoms with E-state index < -0.39 is 5.91 Å². The first kappa shape index (κ1) is 21.3. The van der Waals surface area contributed by atoms with Crippen LogP contribution in [0, 0.1) is 0 Å². The van der Waals surface area contributed by atoms with Crippen LogP contribution < -0.4 is 11.1 Å². The number of unbranched alkanes of at least 4 members (excludes halogenated alkanes) is 9. The van der Waals surface area contributed by atoms with Crippen molar-refractivity contribution in [3.63, 3.8) is 0 Å². The molecule has 3 heteroatoms. The van der Waals surface area contributed by atoms with Gasteiger partial charge in [0.1, 0.15) is 0 Å². The first-order chi connectivity index (χ1) is 12.1. The fourth-order valence-corrected chi connectivity index (χ4v) is 2.92. The molecule has 0 bridgehead atoms. The van der Waals surface area contributed by atoms with Crippen molar-refractivity contribution in [2.75, 3.05) is 11.9 Å². The van der Waals surface area contributed by atoms with Gasteiger partial charge >= 0.3 is 0 Å². The molecule has 0 fully saturated rings. The molecule has 140 valence electrons. The van der Waals surface area contributed by atoms with Crippen molar-refractivity contribution < 1.29 is 4.79 Å². The van der Waals surface area contributed by atoms with Gasteiger partial charge in [-0.05, 0) is 24.1 Å². The Balaban J connectivity index is 2.03. The molecule has 0 radical (unpaired) electrons. The van der Waals surface area contributed by atoms with E-state index in [1.165, 1.54) is 64.2 Å². The Bertz CT molecular complexity index is 493. The van der Waals surface area contributed by atoms with E-state index in [2.05, 4.69) is 31.0 Å². The molecule has 1 aromatic carbocycles. The molecule has 0 atom stereocenters. The minimum atomic E-state index is -0.428. The van der Waals surface area contributed by atoms with Gasteiger partial charge in [-0.15, -0.1) is 0 Å². The minimum Gasteiger partial charge on any atom is -0.385 e. The molecule has 1 amide bonds. The summed E-state index contributed by atoms with van der Waals surface area (Å²) in [5, 5.41) is 3.46. The van der Waals surface area contributed by atoms with E-state index in [0.29, 0.717) is 12.0 Å². The van der Waals surface area contributed by atoms with E-state index >= 15 is 0 Å². The van der Waals surface area contributed by atoms with Crippen LogP contribution in [0.25, 0.3) is 0 Å². The standard InChI is InChI=1S/C22H36N2O/c1-3-4-5-6-7-8-9-10-11-12-17-24-21-15-13-20(14-16-21)18-19(2)22(23)25/h13-16,24H,2-12,17-18H2,1H3,(H2,23,25). The number of amides is 1. The normalized spacial score (nSPS) is 10.6. The lowest BCUT2D eigenvalue weighted by atomic mass is 10.1. The predicted molar refractivity (Wildman–Crippen MR) is 109 cm³/mol. The lowest BCUT2D eigenvalue weighted by molar-refractivity contribution is -0.114. The third-order valence-corrected chi connectivity index (χ3v) is 4.58. The van der Waals surface area contributed by atoms with Crippen LogP contribution in [0.2, 0.25) is 0 Å². The fourth-order valence-electron chi connectivity index (χ4n) is 2.92. The number of hydrogen-bond acceptors (Lipinski definition) is 2. The highest BCUT2D eigenvalue weighted by Gasteiger charge is 2.03. The monoisotopic (exact) mass is 344 g/mol. The van der Waals surface area contributed by atoms with Crippen molar-refractivity contribution >= 4 is 11.6 Å². The Morgan fingerprint density at radius 2 is 1.44 bits per heavy atom. The quantitative estimate of drug-likeness (QED) is 0.321. The highest BCUT2D eigenvalue weighted by molar-refractivity contribution is 5.91. The summed E-state index contributed by atoms with van der Waals surface area (Å²) < 4.78 is 0. The second-order valence-electron chi connectivity index (χ2n) is 6.95. The second kappa shape index (κ2) is 13.5. The average Bonchev–Trinajstić information content (AvgIpc) is 2.61. The van der Waals surface area contributed by atoms with Crippen LogP contribution in [0.15, 0.2) is 36.4 Å². The van der Waals surface area contributed by atoms with Crippen molar-refractivity contribution in [3.8, 4) is 0 Å². The van der Waals surface area contributed by atoms with E-state index in [1.807, 2.05) is 12.1 Å². The van der Waals surface area contributed by atoms with E-state index in [-0.39, 0.29) is 0 Å². The van der Waals surface area contributed by atoms with Gasteiger partial charge in [0.15, 0.2) is 0 Å². The van der Waals surface area contributed by atoms with Crippen LogP contribution >= 0.6 is 0 Å². The molecule has 0 aliphatic carbocycles. The maximum absolute atomic E-state index is 11.0. The van der Waals surface area contributed by atoms with E-state index in [0.717, 1.165) is 17.8 Å². The highest BCUT2D eigenvalue weighted by atomic mass is 16.1. The SMILES string of the molecule is C=C(Cc1ccc(NCCCCCCCCCCCC)cc1)C(N)=O. The van der Waals surface area contributed by atoms with Gasteiger partial charge in [0.2, 0.25) is 5.91 Å². The van der Waals surface area contributed by atoms with Gasteiger partial charge < -0.3 is 11.1 Å². The van der Waals surface area contributed by atoms with Gasteiger partial charge in [-0.1, -0.05) is 83.4 Å². The minimum absolute atomic E-state index is 0.428.